The first-order valence-corrected chi connectivity index (χ1v) is 60.7. The Bertz CT molecular complexity index is 4120. The standard InChI is InChI=1S/C80H128N8O8Si8.Zn/c1-73(2,3)97(25,26)89-57-41-49-50(42-58(57)90-98(27,28)74(4,5)6)66-81-65(49)85-67-51-43-59(91-99(29,30)75(7,8)9)60(92-100(31,32)76(10,11)12)44-52(51)69(82-67)87-71-55-47-63(95-103(37,38)79(19,20)21)64(96-104(39,40)80(22,23)24)48-56(55)72(84-71)88-70-54-46-62(94-102(35,36)78(16,17)18)61(45-53(54)68(83-70)86-66)93-101(33,34)77(13,14)15;/h41-48H,1-40H3;/q-2;+2. The molecule has 7 aromatic rings. The van der Waals surface area contributed by atoms with E-state index in [0.717, 1.165) is 0 Å². The van der Waals surface area contributed by atoms with Gasteiger partial charge in [-0.1, -0.05) is 166 Å². The van der Waals surface area contributed by atoms with Crippen LogP contribution in [0.15, 0.2) is 48.5 Å². The molecule has 0 N–H and O–H groups in total. The Morgan fingerprint density at radius 3 is 0.457 bits per heavy atom. The summed E-state index contributed by atoms with van der Waals surface area (Å²) in [5, 5.41) is 1.49. The Hall–Kier alpha value is -5.00. The molecule has 9 rings (SSSR count). The van der Waals surface area contributed by atoms with E-state index >= 15 is 0 Å². The summed E-state index contributed by atoms with van der Waals surface area (Å²) < 4.78 is 59.7. The molecule has 0 saturated heterocycles. The molecule has 5 heterocycles. The van der Waals surface area contributed by atoms with Gasteiger partial charge in [0.15, 0.2) is 0 Å². The second-order valence-electron chi connectivity index (χ2n) is 41.8. The van der Waals surface area contributed by atoms with Gasteiger partial charge in [0.25, 0.3) is 66.5 Å². The minimum atomic E-state index is -2.56. The Morgan fingerprint density at radius 2 is 0.333 bits per heavy atom. The van der Waals surface area contributed by atoms with Crippen LogP contribution in [-0.2, 0) is 19.5 Å². The molecule has 570 valence electrons. The van der Waals surface area contributed by atoms with Crippen molar-refractivity contribution in [3.8, 4) is 91.5 Å². The molecule has 2 aliphatic rings. The second kappa shape index (κ2) is 27.2. The van der Waals surface area contributed by atoms with E-state index in [4.69, 9.17) is 75.3 Å². The third-order valence-electron chi connectivity index (χ3n) is 25.3. The Kier molecular flexibility index (Phi) is 22.2. The molecule has 0 radical (unpaired) electrons. The molecule has 25 heteroatoms. The summed E-state index contributed by atoms with van der Waals surface area (Å²) in [7, 11) is -20.5. The maximum atomic E-state index is 7.46. The van der Waals surface area contributed by atoms with Gasteiger partial charge in [0.1, 0.15) is 46.0 Å². The summed E-state index contributed by atoms with van der Waals surface area (Å²) >= 11 is 0. The van der Waals surface area contributed by atoms with Crippen molar-refractivity contribution >= 4 is 111 Å². The van der Waals surface area contributed by atoms with Crippen LogP contribution in [0.2, 0.25) is 145 Å². The number of rotatable bonds is 16. The molecule has 0 saturated carbocycles. The maximum absolute atomic E-state index is 7.46. The van der Waals surface area contributed by atoms with E-state index in [1.54, 1.807) is 0 Å². The number of benzene rings is 4. The summed E-state index contributed by atoms with van der Waals surface area (Å²) in [5.74, 6) is 6.51. The van der Waals surface area contributed by atoms with Gasteiger partial charge >= 0.3 is 19.5 Å². The molecule has 8 bridgehead atoms. The van der Waals surface area contributed by atoms with Crippen LogP contribution in [0, 0.1) is 0 Å². The molecule has 4 aromatic carbocycles. The monoisotopic (exact) mass is 1620 g/mol. The molecule has 0 amide bonds. The molecule has 3 aromatic heterocycles. The topological polar surface area (TPSA) is 179 Å². The Labute approximate surface area is 651 Å². The molecule has 0 aliphatic carbocycles. The van der Waals surface area contributed by atoms with Gasteiger partial charge in [0.2, 0.25) is 0 Å². The van der Waals surface area contributed by atoms with Crippen LogP contribution >= 0.6 is 0 Å². The third kappa shape index (κ3) is 16.9. The van der Waals surface area contributed by atoms with E-state index in [2.05, 4.69) is 319 Å². The fourth-order valence-electron chi connectivity index (χ4n) is 9.75. The van der Waals surface area contributed by atoms with Crippen molar-refractivity contribution in [3.05, 3.63) is 48.5 Å². The van der Waals surface area contributed by atoms with Crippen molar-refractivity contribution in [1.29, 1.82) is 0 Å². The van der Waals surface area contributed by atoms with E-state index in [9.17, 15) is 0 Å². The number of aromatic nitrogens is 8. The summed E-state index contributed by atoms with van der Waals surface area (Å²) in [6.07, 6.45) is 0. The first kappa shape index (κ1) is 85.6. The fraction of sp³-hybridized carbons (Fsp3) is 0.600. The van der Waals surface area contributed by atoms with Crippen LogP contribution in [0.25, 0.3) is 89.7 Å². The molecule has 2 aliphatic heterocycles. The molecule has 0 unspecified atom stereocenters. The van der Waals surface area contributed by atoms with Crippen LogP contribution in [0.1, 0.15) is 166 Å². The minimum Gasteiger partial charge on any atom is -0.541 e. The van der Waals surface area contributed by atoms with E-state index in [-0.39, 0.29) is 59.8 Å². The maximum Gasteiger partial charge on any atom is 2.00 e. The molecular formula is C80H128N8O8Si8Zn. The van der Waals surface area contributed by atoms with Crippen molar-refractivity contribution in [2.75, 3.05) is 0 Å². The van der Waals surface area contributed by atoms with Gasteiger partial charge < -0.3 is 65.3 Å². The zero-order valence-corrected chi connectivity index (χ0v) is 83.1. The van der Waals surface area contributed by atoms with Gasteiger partial charge in [-0.25, -0.2) is 9.97 Å². The first-order valence-electron chi connectivity index (χ1n) is 37.5. The number of hydrogen-bond donors (Lipinski definition) is 0. The summed E-state index contributed by atoms with van der Waals surface area (Å²) in [6.45, 7) is 90.5. The summed E-state index contributed by atoms with van der Waals surface area (Å²) in [5.41, 5.74) is 4.27. The smallest absolute Gasteiger partial charge is 0.541 e. The van der Waals surface area contributed by atoms with Gasteiger partial charge in [-0.3, -0.25) is 0 Å². The zero-order valence-electron chi connectivity index (χ0n) is 72.2. The Balaban J connectivity index is 0.0000139. The molecule has 105 heavy (non-hydrogen) atoms. The molecule has 0 atom stereocenters. The number of fused-ring (bicyclic) bond motifs is 20. The second-order valence-corrected chi connectivity index (χ2v) is 79.6. The van der Waals surface area contributed by atoms with E-state index in [0.29, 0.717) is 136 Å². The SMILES string of the molecule is CC(C)(C)[Si](C)(C)Oc1cc2c(cc1O[Si](C)(C)C(C)(C)C)-c1nc-2nc2[n-]c(nc3nc(nc4[n-]c(n1)c1cc(O[Si](C)(C)C(C)(C)C)c(O[Si](C)(C)C(C)(C)C)cc41)-c1cc(O[Si](C)(C)C(C)(C)C)c(O[Si](C)(C)C(C)(C)C)cc1-3)c1cc(O[Si](C)(C)C(C)(C)C)c(O[Si](C)(C)C(C)(C)C)cc21.[Zn+2]. The van der Waals surface area contributed by atoms with E-state index in [1.807, 2.05) is 0 Å². The number of hydrogen-bond acceptors (Lipinski definition) is 14. The van der Waals surface area contributed by atoms with Gasteiger partial charge in [-0.15, -0.1) is 0 Å². The van der Waals surface area contributed by atoms with Gasteiger partial charge in [0, 0.05) is 44.8 Å². The predicted octanol–water partition coefficient (Wildman–Crippen LogP) is 25.2. The predicted molar refractivity (Wildman–Crippen MR) is 457 cm³/mol. The van der Waals surface area contributed by atoms with Gasteiger partial charge in [-0.05, 0) is 215 Å². The average Bonchev–Trinajstić information content (AvgIpc) is 1.56. The Morgan fingerprint density at radius 1 is 0.210 bits per heavy atom. The largest absolute Gasteiger partial charge is 2.00 e. The van der Waals surface area contributed by atoms with Crippen LogP contribution in [0.3, 0.4) is 0 Å². The third-order valence-corrected chi connectivity index (χ3v) is 60.1. The molecule has 0 fully saturated rings. The van der Waals surface area contributed by atoms with Crippen LogP contribution in [0.5, 0.6) is 46.0 Å². The normalized spacial score (nSPS) is 14.4. The molecule has 0 spiro atoms. The molecular weight excluding hydrogens is 1490 g/mol. The van der Waals surface area contributed by atoms with E-state index in [1.165, 1.54) is 0 Å². The summed E-state index contributed by atoms with van der Waals surface area (Å²) in [4.78, 5) is 45.0. The fourth-order valence-corrected chi connectivity index (χ4v) is 17.9. The summed E-state index contributed by atoms with van der Waals surface area (Å²) in [6, 6.07) is 16.6. The van der Waals surface area contributed by atoms with Gasteiger partial charge in [-0.2, -0.15) is 0 Å². The zero-order chi connectivity index (χ0) is 78.8. The van der Waals surface area contributed by atoms with E-state index < -0.39 is 66.5 Å². The van der Waals surface area contributed by atoms with Crippen molar-refractivity contribution in [2.45, 2.75) is 311 Å². The first-order chi connectivity index (χ1) is 46.5. The van der Waals surface area contributed by atoms with Crippen LogP contribution < -0.4 is 45.4 Å². The molecule has 16 nitrogen and oxygen atoms in total. The van der Waals surface area contributed by atoms with Crippen molar-refractivity contribution < 1.29 is 54.9 Å². The number of nitrogens with zero attached hydrogens (tertiary/aromatic N) is 8. The van der Waals surface area contributed by atoms with Gasteiger partial charge in [0.05, 0.1) is 23.3 Å². The van der Waals surface area contributed by atoms with Crippen LogP contribution in [-0.4, -0.2) is 96.4 Å². The van der Waals surface area contributed by atoms with Crippen molar-refractivity contribution in [2.24, 2.45) is 0 Å². The van der Waals surface area contributed by atoms with Crippen LogP contribution in [0.4, 0.5) is 0 Å². The van der Waals surface area contributed by atoms with Crippen molar-refractivity contribution in [3.63, 3.8) is 0 Å². The quantitative estimate of drug-likeness (QED) is 0.0833. The average molecular weight is 1620 g/mol. The van der Waals surface area contributed by atoms with Crippen molar-refractivity contribution in [1.82, 2.24) is 39.9 Å². The minimum absolute atomic E-state index is 0.